The summed E-state index contributed by atoms with van der Waals surface area (Å²) in [6.45, 7) is 3.65. The lowest BCUT2D eigenvalue weighted by Gasteiger charge is -2.30. The van der Waals surface area contributed by atoms with Gasteiger partial charge in [-0.25, -0.2) is 28.6 Å². The Kier molecular flexibility index (Phi) is 16.7. The lowest BCUT2D eigenvalue weighted by molar-refractivity contribution is -0.137. The van der Waals surface area contributed by atoms with E-state index in [0.717, 1.165) is 29.0 Å². The third kappa shape index (κ3) is 14.4. The molecule has 1 saturated heterocycles. The zero-order valence-corrected chi connectivity index (χ0v) is 33.9. The minimum atomic E-state index is -5.58. The molecule has 3 rings (SSSR count). The normalized spacial score (nSPS) is 22.8. The van der Waals surface area contributed by atoms with Gasteiger partial charge in [-0.1, -0.05) is 32.5 Å². The van der Waals surface area contributed by atoms with E-state index >= 15 is 0 Å². The highest BCUT2D eigenvalue weighted by Crippen LogP contribution is 2.61. The summed E-state index contributed by atoms with van der Waals surface area (Å²) in [7, 11) is -16.4. The molecule has 318 valence electrons. The maximum absolute atomic E-state index is 12.7. The molecule has 2 unspecified atom stereocenters. The molecule has 2 aromatic heterocycles. The summed E-state index contributed by atoms with van der Waals surface area (Å²) in [5.74, 6) is -1.26. The number of ether oxygens (including phenoxy) is 1. The fraction of sp³-hybridized carbons (Fsp3) is 0.704. The molecule has 0 aliphatic carbocycles. The second-order valence-corrected chi connectivity index (χ2v) is 18.7. The van der Waals surface area contributed by atoms with Crippen LogP contribution >= 0.6 is 35.2 Å². The smallest absolute Gasteiger partial charge is 0.390 e. The van der Waals surface area contributed by atoms with E-state index < -0.39 is 90.2 Å². The highest BCUT2D eigenvalue weighted by Gasteiger charge is 2.50. The molecule has 0 radical (unpaired) electrons. The fourth-order valence-corrected chi connectivity index (χ4v) is 8.46. The van der Waals surface area contributed by atoms with Gasteiger partial charge in [0.2, 0.25) is 11.8 Å². The standard InChI is InChI=1S/C27H46N7O18P3S/c1-5-27(4,40)10-17(36)56-9-8-29-16(35)6-7-30-24(39)21(38)26(2,3)12-49-55(46,47)52-54(44,45)48-11-15-20(51-53(41,42)43)19(37)25(50-15)34-14-33-18-22(28)31-13-32-23(18)34/h13-15,19-21,25,37-38,40H,5-12H2,1-4H3,(H,29,35)(H,30,39)(H,44,45)(H,46,47)(H2,28,31,32)(H2,41,42,43)/t15-,19-,20-,21+,25-,27+/m1/s1. The number of nitrogens with zero attached hydrogens (tertiary/aromatic N) is 4. The van der Waals surface area contributed by atoms with Gasteiger partial charge in [0.1, 0.15) is 36.3 Å². The number of aliphatic hydroxyl groups excluding tert-OH is 2. The van der Waals surface area contributed by atoms with Gasteiger partial charge in [0, 0.05) is 37.1 Å². The van der Waals surface area contributed by atoms with Crippen LogP contribution in [0.3, 0.4) is 0 Å². The maximum atomic E-state index is 12.7. The number of fused-ring (bicyclic) bond motifs is 1. The number of nitrogens with one attached hydrogen (secondary N) is 2. The lowest BCUT2D eigenvalue weighted by Crippen LogP contribution is -2.46. The third-order valence-corrected chi connectivity index (χ3v) is 12.0. The average Bonchev–Trinajstić information content (AvgIpc) is 3.64. The predicted octanol–water partition coefficient (Wildman–Crippen LogP) is -0.784. The van der Waals surface area contributed by atoms with Gasteiger partial charge in [-0.2, -0.15) is 4.31 Å². The van der Waals surface area contributed by atoms with E-state index in [9.17, 15) is 63.0 Å². The molecule has 3 heterocycles. The molecule has 2 amide bonds. The van der Waals surface area contributed by atoms with Gasteiger partial charge in [-0.15, -0.1) is 0 Å². The van der Waals surface area contributed by atoms with Gasteiger partial charge in [0.25, 0.3) is 0 Å². The van der Waals surface area contributed by atoms with Crippen LogP contribution in [0.1, 0.15) is 53.2 Å². The van der Waals surface area contributed by atoms with E-state index in [2.05, 4.69) is 34.4 Å². The van der Waals surface area contributed by atoms with Crippen molar-refractivity contribution in [3.8, 4) is 0 Å². The molecule has 1 fully saturated rings. The first-order chi connectivity index (χ1) is 25.8. The fourth-order valence-electron chi connectivity index (χ4n) is 4.78. The van der Waals surface area contributed by atoms with Gasteiger partial charge >= 0.3 is 23.5 Å². The average molecular weight is 882 g/mol. The van der Waals surface area contributed by atoms with E-state index in [4.69, 9.17) is 19.5 Å². The summed E-state index contributed by atoms with van der Waals surface area (Å²) in [6, 6.07) is 0. The summed E-state index contributed by atoms with van der Waals surface area (Å²) >= 11 is 0.952. The van der Waals surface area contributed by atoms with Crippen molar-refractivity contribution in [1.82, 2.24) is 30.2 Å². The molecule has 25 nitrogen and oxygen atoms in total. The van der Waals surface area contributed by atoms with Crippen molar-refractivity contribution in [2.24, 2.45) is 5.41 Å². The van der Waals surface area contributed by atoms with Crippen LogP contribution < -0.4 is 16.4 Å². The van der Waals surface area contributed by atoms with Crippen LogP contribution in [0.4, 0.5) is 5.82 Å². The lowest BCUT2D eigenvalue weighted by atomic mass is 9.87. The Hall–Kier alpha value is -2.48. The van der Waals surface area contributed by atoms with Crippen molar-refractivity contribution in [3.63, 3.8) is 0 Å². The van der Waals surface area contributed by atoms with Gasteiger partial charge in [-0.05, 0) is 13.3 Å². The van der Waals surface area contributed by atoms with E-state index in [0.29, 0.717) is 6.42 Å². The maximum Gasteiger partial charge on any atom is 0.481 e. The molecular weight excluding hydrogens is 835 g/mol. The van der Waals surface area contributed by atoms with Crippen molar-refractivity contribution >= 4 is 69.1 Å². The molecule has 2 aromatic rings. The second kappa shape index (κ2) is 19.5. The number of rotatable bonds is 22. The summed E-state index contributed by atoms with van der Waals surface area (Å²) in [4.78, 5) is 87.4. The van der Waals surface area contributed by atoms with E-state index in [1.54, 1.807) is 13.8 Å². The quantitative estimate of drug-likeness (QED) is 0.0512. The second-order valence-electron chi connectivity index (χ2n) is 13.3. The highest BCUT2D eigenvalue weighted by molar-refractivity contribution is 8.13. The molecule has 11 N–H and O–H groups in total. The number of nitrogens with two attached hydrogens (primary N) is 1. The van der Waals surface area contributed by atoms with Crippen molar-refractivity contribution < 1.29 is 85.6 Å². The Labute approximate surface area is 323 Å². The summed E-state index contributed by atoms with van der Waals surface area (Å²) in [5.41, 5.74) is 3.12. The van der Waals surface area contributed by atoms with Gasteiger partial charge in [-0.3, -0.25) is 32.5 Å². The van der Waals surface area contributed by atoms with Crippen molar-refractivity contribution in [3.05, 3.63) is 12.7 Å². The number of carbonyl (C=O) groups is 3. The number of amides is 2. The van der Waals surface area contributed by atoms with Crippen LogP contribution in [0, 0.1) is 5.41 Å². The minimum Gasteiger partial charge on any atom is -0.390 e. The van der Waals surface area contributed by atoms with E-state index in [-0.39, 0.29) is 53.8 Å². The zero-order chi connectivity index (χ0) is 42.3. The largest absolute Gasteiger partial charge is 0.481 e. The van der Waals surface area contributed by atoms with Crippen LogP contribution in [0.2, 0.25) is 0 Å². The molecule has 8 atom stereocenters. The number of phosphoric ester groups is 3. The third-order valence-electron chi connectivity index (χ3n) is 8.05. The molecular formula is C27H46N7O18P3S. The number of thioether (sulfide) groups is 1. The number of nitrogen functional groups attached to an aromatic ring is 1. The summed E-state index contributed by atoms with van der Waals surface area (Å²) in [5, 5.41) is 36.0. The van der Waals surface area contributed by atoms with Crippen molar-refractivity contribution in [2.75, 3.05) is 37.8 Å². The van der Waals surface area contributed by atoms with E-state index in [1.165, 1.54) is 13.8 Å². The van der Waals surface area contributed by atoms with Crippen LogP contribution in [0.25, 0.3) is 11.2 Å². The molecule has 1 aliphatic rings. The number of aliphatic hydroxyl groups is 3. The number of aromatic nitrogens is 4. The predicted molar refractivity (Wildman–Crippen MR) is 193 cm³/mol. The van der Waals surface area contributed by atoms with Crippen molar-refractivity contribution in [2.45, 2.75) is 83.2 Å². The Morgan fingerprint density at radius 3 is 2.36 bits per heavy atom. The number of imidazole rings is 1. The molecule has 0 bridgehead atoms. The molecule has 0 aromatic carbocycles. The first-order valence-corrected chi connectivity index (χ1v) is 22.0. The molecule has 0 saturated carbocycles. The first-order valence-electron chi connectivity index (χ1n) is 16.5. The number of carbonyl (C=O) groups excluding carboxylic acids is 3. The Morgan fingerprint density at radius 2 is 1.71 bits per heavy atom. The topological polar surface area (TPSA) is 384 Å². The minimum absolute atomic E-state index is 0.0258. The van der Waals surface area contributed by atoms with Crippen molar-refractivity contribution in [1.29, 1.82) is 0 Å². The SMILES string of the molecule is CC[C@](C)(O)CC(=O)SCCNC(=O)CCNC(=O)[C@H](O)C(C)(C)COP(=O)(O)OP(=O)(O)OC[C@H]1O[C@@H](n2cnc3c(N)ncnc32)[C@H](O)[C@@H]1OP(=O)(O)O. The molecule has 56 heavy (non-hydrogen) atoms. The number of phosphoric acid groups is 3. The zero-order valence-electron chi connectivity index (χ0n) is 30.4. The molecule has 0 spiro atoms. The number of anilines is 1. The highest BCUT2D eigenvalue weighted by atomic mass is 32.2. The van der Waals surface area contributed by atoms with Crippen LogP contribution in [0.15, 0.2) is 12.7 Å². The van der Waals surface area contributed by atoms with Gasteiger partial charge < -0.3 is 56.0 Å². The number of hydrogen-bond acceptors (Lipinski definition) is 19. The Balaban J connectivity index is 1.49. The van der Waals surface area contributed by atoms with Crippen LogP contribution in [-0.4, -0.2) is 133 Å². The molecule has 1 aliphatic heterocycles. The Bertz CT molecular complexity index is 1850. The summed E-state index contributed by atoms with van der Waals surface area (Å²) < 4.78 is 62.0. The van der Waals surface area contributed by atoms with Crippen LogP contribution in [-0.2, 0) is 50.7 Å². The van der Waals surface area contributed by atoms with Crippen LogP contribution in [0.5, 0.6) is 0 Å². The Morgan fingerprint density at radius 1 is 1.05 bits per heavy atom. The monoisotopic (exact) mass is 881 g/mol. The molecule has 29 heteroatoms. The summed E-state index contributed by atoms with van der Waals surface area (Å²) in [6.07, 6.45) is -6.63. The first kappa shape index (κ1) is 47.9. The van der Waals surface area contributed by atoms with E-state index in [1.807, 2.05) is 0 Å². The van der Waals surface area contributed by atoms with Gasteiger partial charge in [0.15, 0.2) is 22.8 Å². The number of hydrogen-bond donors (Lipinski definition) is 10. The van der Waals surface area contributed by atoms with Gasteiger partial charge in [0.05, 0.1) is 25.1 Å².